The molecule has 2 saturated heterocycles. The van der Waals surface area contributed by atoms with Crippen molar-refractivity contribution in [2.24, 2.45) is 0 Å². The quantitative estimate of drug-likeness (QED) is 0.597. The van der Waals surface area contributed by atoms with Gasteiger partial charge in [-0.3, -0.25) is 4.90 Å². The predicted molar refractivity (Wildman–Crippen MR) is 121 cm³/mol. The maximum absolute atomic E-state index is 6.36. The fourth-order valence-electron chi connectivity index (χ4n) is 5.65. The number of para-hydroxylation sites is 1. The van der Waals surface area contributed by atoms with Crippen molar-refractivity contribution in [3.8, 4) is 0 Å². The lowest BCUT2D eigenvalue weighted by Crippen LogP contribution is -2.45. The van der Waals surface area contributed by atoms with E-state index in [4.69, 9.17) is 11.5 Å². The van der Waals surface area contributed by atoms with E-state index in [0.29, 0.717) is 29.7 Å². The van der Waals surface area contributed by atoms with E-state index in [1.54, 1.807) is 0 Å². The van der Waals surface area contributed by atoms with Crippen molar-refractivity contribution >= 4 is 11.4 Å². The van der Waals surface area contributed by atoms with Crippen LogP contribution in [0, 0.1) is 0 Å². The van der Waals surface area contributed by atoms with Crippen LogP contribution >= 0.6 is 0 Å². The Balaban J connectivity index is 1.49. The van der Waals surface area contributed by atoms with Gasteiger partial charge in [-0.05, 0) is 54.4 Å². The molecule has 0 aliphatic carbocycles. The molecule has 3 aromatic rings. The molecule has 2 atom stereocenters. The summed E-state index contributed by atoms with van der Waals surface area (Å²) in [5.74, 6) is 0.499. The van der Waals surface area contributed by atoms with Crippen molar-refractivity contribution in [2.75, 3.05) is 11.5 Å². The van der Waals surface area contributed by atoms with Crippen LogP contribution in [0.4, 0.5) is 11.4 Å². The van der Waals surface area contributed by atoms with Gasteiger partial charge in [0.2, 0.25) is 0 Å². The molecule has 5 rings (SSSR count). The van der Waals surface area contributed by atoms with Crippen LogP contribution < -0.4 is 11.5 Å². The molecule has 2 fully saturated rings. The summed E-state index contributed by atoms with van der Waals surface area (Å²) in [6.45, 7) is 0. The molecule has 0 saturated carbocycles. The zero-order valence-corrected chi connectivity index (χ0v) is 16.7. The van der Waals surface area contributed by atoms with Crippen molar-refractivity contribution in [3.05, 3.63) is 95.6 Å². The highest BCUT2D eigenvalue weighted by atomic mass is 15.2. The molecular weight excluding hydrogens is 354 g/mol. The first-order valence-corrected chi connectivity index (χ1v) is 10.7. The number of benzene rings is 3. The Hall–Kier alpha value is -2.78. The number of piperidine rings is 1. The van der Waals surface area contributed by atoms with Crippen LogP contribution in [0.3, 0.4) is 0 Å². The van der Waals surface area contributed by atoms with Gasteiger partial charge in [-0.2, -0.15) is 0 Å². The highest BCUT2D eigenvalue weighted by molar-refractivity contribution is 5.68. The second kappa shape index (κ2) is 7.57. The molecule has 2 aliphatic heterocycles. The standard InChI is InChI=1S/C26H29N3/c27-24-13-7-12-23(25(24)28)20-16-21-14-15-22(17-20)29(21)26(18-8-3-1-4-9-18)19-10-5-2-6-11-19/h1-13,20-22,26H,14-17,27-28H2. The minimum Gasteiger partial charge on any atom is -0.397 e. The molecule has 3 heteroatoms. The van der Waals surface area contributed by atoms with Gasteiger partial charge >= 0.3 is 0 Å². The van der Waals surface area contributed by atoms with Crippen molar-refractivity contribution < 1.29 is 0 Å². The largest absolute Gasteiger partial charge is 0.397 e. The topological polar surface area (TPSA) is 55.3 Å². The Kier molecular flexibility index (Phi) is 4.76. The van der Waals surface area contributed by atoms with Gasteiger partial charge in [0.1, 0.15) is 0 Å². The number of nitrogens with two attached hydrogens (primary N) is 2. The van der Waals surface area contributed by atoms with Crippen molar-refractivity contribution in [1.29, 1.82) is 0 Å². The maximum atomic E-state index is 6.36. The summed E-state index contributed by atoms with van der Waals surface area (Å²) < 4.78 is 0. The Bertz CT molecular complexity index is 916. The molecule has 2 aliphatic rings. The molecule has 148 valence electrons. The average molecular weight is 384 g/mol. The summed E-state index contributed by atoms with van der Waals surface area (Å²) >= 11 is 0. The number of rotatable bonds is 4. The predicted octanol–water partition coefficient (Wildman–Crippen LogP) is 5.35. The van der Waals surface area contributed by atoms with E-state index in [1.807, 2.05) is 12.1 Å². The molecule has 0 aromatic heterocycles. The van der Waals surface area contributed by atoms with Gasteiger partial charge in [0.05, 0.1) is 17.4 Å². The van der Waals surface area contributed by atoms with Gasteiger partial charge in [0, 0.05) is 12.1 Å². The number of nitrogens with zero attached hydrogens (tertiary/aromatic N) is 1. The lowest BCUT2D eigenvalue weighted by molar-refractivity contribution is 0.0936. The van der Waals surface area contributed by atoms with Gasteiger partial charge in [0.25, 0.3) is 0 Å². The normalized spacial score (nSPS) is 24.1. The van der Waals surface area contributed by atoms with Crippen LogP contribution in [0.5, 0.6) is 0 Å². The molecule has 2 heterocycles. The minimum absolute atomic E-state index is 0.314. The van der Waals surface area contributed by atoms with E-state index in [1.165, 1.54) is 29.5 Å². The maximum Gasteiger partial charge on any atom is 0.0606 e. The van der Waals surface area contributed by atoms with Gasteiger partial charge < -0.3 is 11.5 Å². The minimum atomic E-state index is 0.314. The van der Waals surface area contributed by atoms with Crippen LogP contribution in [-0.2, 0) is 0 Å². The number of fused-ring (bicyclic) bond motifs is 2. The molecule has 4 N–H and O–H groups in total. The second-order valence-electron chi connectivity index (χ2n) is 8.57. The van der Waals surface area contributed by atoms with Crippen LogP contribution in [0.2, 0.25) is 0 Å². The van der Waals surface area contributed by atoms with E-state index >= 15 is 0 Å². The lowest BCUT2D eigenvalue weighted by atomic mass is 9.82. The molecule has 2 unspecified atom stereocenters. The fourth-order valence-corrected chi connectivity index (χ4v) is 5.65. The van der Waals surface area contributed by atoms with Crippen LogP contribution in [0.25, 0.3) is 0 Å². The van der Waals surface area contributed by atoms with E-state index in [-0.39, 0.29) is 0 Å². The van der Waals surface area contributed by atoms with E-state index in [2.05, 4.69) is 71.6 Å². The number of hydrogen-bond donors (Lipinski definition) is 2. The molecule has 0 amide bonds. The summed E-state index contributed by atoms with van der Waals surface area (Å²) in [4.78, 5) is 2.80. The summed E-state index contributed by atoms with van der Waals surface area (Å²) in [6.07, 6.45) is 4.83. The van der Waals surface area contributed by atoms with Gasteiger partial charge in [-0.1, -0.05) is 72.8 Å². The Morgan fingerprint density at radius 1 is 0.690 bits per heavy atom. The van der Waals surface area contributed by atoms with Crippen molar-refractivity contribution in [3.63, 3.8) is 0 Å². The van der Waals surface area contributed by atoms with Crippen molar-refractivity contribution in [1.82, 2.24) is 4.90 Å². The number of anilines is 2. The molecule has 2 bridgehead atoms. The molecule has 29 heavy (non-hydrogen) atoms. The SMILES string of the molecule is Nc1cccc(C2CC3CCC(C2)N3C(c2ccccc2)c2ccccc2)c1N. The third-order valence-electron chi connectivity index (χ3n) is 6.93. The Labute approximate surface area is 173 Å². The first-order valence-electron chi connectivity index (χ1n) is 10.7. The Morgan fingerprint density at radius 2 is 1.24 bits per heavy atom. The summed E-state index contributed by atoms with van der Waals surface area (Å²) in [5, 5.41) is 0. The first kappa shape index (κ1) is 18.3. The molecule has 3 nitrogen and oxygen atoms in total. The molecule has 0 radical (unpaired) electrons. The number of nitrogen functional groups attached to an aromatic ring is 2. The number of hydrogen-bond acceptors (Lipinski definition) is 3. The van der Waals surface area contributed by atoms with Gasteiger partial charge in [-0.15, -0.1) is 0 Å². The van der Waals surface area contributed by atoms with Crippen LogP contribution in [-0.4, -0.2) is 17.0 Å². The molecule has 3 aromatic carbocycles. The highest BCUT2D eigenvalue weighted by Crippen LogP contribution is 2.49. The summed E-state index contributed by atoms with van der Waals surface area (Å²) in [6, 6.07) is 29.6. The monoisotopic (exact) mass is 383 g/mol. The zero-order chi connectivity index (χ0) is 19.8. The van der Waals surface area contributed by atoms with Gasteiger partial charge in [-0.25, -0.2) is 0 Å². The molecule has 0 spiro atoms. The summed E-state index contributed by atoms with van der Waals surface area (Å²) in [5.41, 5.74) is 18.0. The fraction of sp³-hybridized carbons (Fsp3) is 0.308. The van der Waals surface area contributed by atoms with Crippen LogP contribution in [0.1, 0.15) is 54.3 Å². The van der Waals surface area contributed by atoms with Crippen molar-refractivity contribution in [2.45, 2.75) is 49.7 Å². The second-order valence-corrected chi connectivity index (χ2v) is 8.57. The van der Waals surface area contributed by atoms with E-state index < -0.39 is 0 Å². The Morgan fingerprint density at radius 3 is 1.79 bits per heavy atom. The zero-order valence-electron chi connectivity index (χ0n) is 16.7. The van der Waals surface area contributed by atoms with Crippen LogP contribution in [0.15, 0.2) is 78.9 Å². The summed E-state index contributed by atoms with van der Waals surface area (Å²) in [7, 11) is 0. The lowest BCUT2D eigenvalue weighted by Gasteiger charge is -2.44. The third kappa shape index (κ3) is 3.30. The van der Waals surface area contributed by atoms with Gasteiger partial charge in [0.15, 0.2) is 0 Å². The average Bonchev–Trinajstić information content (AvgIpc) is 3.00. The first-order chi connectivity index (χ1) is 14.2. The molecular formula is C26H29N3. The smallest absolute Gasteiger partial charge is 0.0606 e. The third-order valence-corrected chi connectivity index (χ3v) is 6.93. The van der Waals surface area contributed by atoms with E-state index in [9.17, 15) is 0 Å². The van der Waals surface area contributed by atoms with E-state index in [0.717, 1.165) is 18.5 Å². The highest BCUT2D eigenvalue weighted by Gasteiger charge is 2.45.